The van der Waals surface area contributed by atoms with Crippen molar-refractivity contribution in [2.45, 2.75) is 45.0 Å². The number of nitrogens with zero attached hydrogens (tertiary/aromatic N) is 1. The van der Waals surface area contributed by atoms with Gasteiger partial charge in [-0.3, -0.25) is 4.79 Å². The van der Waals surface area contributed by atoms with Gasteiger partial charge >= 0.3 is 7.12 Å². The second kappa shape index (κ2) is 10.2. The summed E-state index contributed by atoms with van der Waals surface area (Å²) in [7, 11) is -5.64. The molecule has 9 heteroatoms. The minimum atomic E-state index is -3.86. The minimum absolute atomic E-state index is 0.105. The zero-order valence-corrected chi connectivity index (χ0v) is 18.6. The maximum atomic E-state index is 13.0. The van der Waals surface area contributed by atoms with Gasteiger partial charge in [0, 0.05) is 6.54 Å². The van der Waals surface area contributed by atoms with Crippen LogP contribution in [-0.2, 0) is 21.2 Å². The molecule has 0 radical (unpaired) electrons. The quantitative estimate of drug-likeness (QED) is 0.519. The van der Waals surface area contributed by atoms with E-state index in [1.807, 2.05) is 32.0 Å². The number of likely N-dealkylation sites (N-methyl/N-ethyl adjacent to an activating group) is 1. The van der Waals surface area contributed by atoms with Crippen LogP contribution in [0, 0.1) is 20.8 Å². The first kappa shape index (κ1) is 24.1. The highest BCUT2D eigenvalue weighted by Crippen LogP contribution is 2.19. The number of rotatable bonds is 9. The SMILES string of the molecule is CCN(CC(=O)NC(Cc1ccc(C)cc1C)B(O)O)S(=O)(=O)c1ccccc1C. The number of hydrogen-bond donors (Lipinski definition) is 3. The summed E-state index contributed by atoms with van der Waals surface area (Å²) in [5, 5.41) is 22.0. The smallest absolute Gasteiger partial charge is 0.426 e. The van der Waals surface area contributed by atoms with E-state index in [9.17, 15) is 23.3 Å². The van der Waals surface area contributed by atoms with Gasteiger partial charge in [-0.25, -0.2) is 8.42 Å². The van der Waals surface area contributed by atoms with E-state index in [1.165, 1.54) is 6.07 Å². The van der Waals surface area contributed by atoms with E-state index in [1.54, 1.807) is 32.0 Å². The lowest BCUT2D eigenvalue weighted by molar-refractivity contribution is -0.121. The van der Waals surface area contributed by atoms with Crippen LogP contribution in [0.15, 0.2) is 47.4 Å². The Morgan fingerprint density at radius 1 is 1.10 bits per heavy atom. The van der Waals surface area contributed by atoms with E-state index in [0.717, 1.165) is 21.0 Å². The molecule has 2 aromatic rings. The fraction of sp³-hybridized carbons (Fsp3) is 0.381. The fourth-order valence-electron chi connectivity index (χ4n) is 3.31. The van der Waals surface area contributed by atoms with Crippen molar-refractivity contribution in [1.29, 1.82) is 0 Å². The van der Waals surface area contributed by atoms with E-state index in [2.05, 4.69) is 5.32 Å². The summed E-state index contributed by atoms with van der Waals surface area (Å²) in [5.74, 6) is -1.56. The van der Waals surface area contributed by atoms with Crippen molar-refractivity contribution in [3.8, 4) is 0 Å². The number of benzene rings is 2. The van der Waals surface area contributed by atoms with Crippen LogP contribution in [0.1, 0.15) is 29.2 Å². The Bertz CT molecular complexity index is 995. The molecular formula is C21H29BN2O5S. The topological polar surface area (TPSA) is 107 Å². The number of nitrogens with one attached hydrogen (secondary N) is 1. The predicted molar refractivity (Wildman–Crippen MR) is 117 cm³/mol. The molecule has 0 saturated heterocycles. The molecule has 3 N–H and O–H groups in total. The molecule has 0 aliphatic heterocycles. The van der Waals surface area contributed by atoms with Gasteiger partial charge < -0.3 is 15.4 Å². The van der Waals surface area contributed by atoms with Crippen LogP contribution >= 0.6 is 0 Å². The molecule has 2 rings (SSSR count). The van der Waals surface area contributed by atoms with Crippen molar-refractivity contribution >= 4 is 23.0 Å². The molecule has 1 amide bonds. The highest BCUT2D eigenvalue weighted by Gasteiger charge is 2.30. The Kier molecular flexibility index (Phi) is 8.20. The summed E-state index contributed by atoms with van der Waals surface area (Å²) < 4.78 is 27.0. The molecule has 1 atom stereocenters. The van der Waals surface area contributed by atoms with Crippen molar-refractivity contribution in [3.05, 3.63) is 64.7 Å². The Labute approximate surface area is 178 Å². The van der Waals surface area contributed by atoms with Crippen LogP contribution in [0.2, 0.25) is 0 Å². The third-order valence-electron chi connectivity index (χ3n) is 5.03. The number of aryl methyl sites for hydroxylation is 3. The molecule has 0 fully saturated rings. The average Bonchev–Trinajstić information content (AvgIpc) is 2.67. The fourth-order valence-corrected chi connectivity index (χ4v) is 4.94. The summed E-state index contributed by atoms with van der Waals surface area (Å²) >= 11 is 0. The highest BCUT2D eigenvalue weighted by atomic mass is 32.2. The lowest BCUT2D eigenvalue weighted by atomic mass is 9.75. The number of sulfonamides is 1. The van der Waals surface area contributed by atoms with Gasteiger partial charge in [0.1, 0.15) is 0 Å². The molecule has 30 heavy (non-hydrogen) atoms. The Morgan fingerprint density at radius 3 is 2.33 bits per heavy atom. The molecule has 0 saturated carbocycles. The van der Waals surface area contributed by atoms with Crippen LogP contribution in [0.4, 0.5) is 0 Å². The van der Waals surface area contributed by atoms with Crippen molar-refractivity contribution < 1.29 is 23.3 Å². The number of hydrogen-bond acceptors (Lipinski definition) is 5. The molecule has 0 spiro atoms. The van der Waals surface area contributed by atoms with E-state index in [0.29, 0.717) is 5.56 Å². The van der Waals surface area contributed by atoms with Crippen molar-refractivity contribution in [2.75, 3.05) is 13.1 Å². The van der Waals surface area contributed by atoms with Crippen molar-refractivity contribution in [2.24, 2.45) is 0 Å². The standard InChI is InChI=1S/C21H29BN2O5S/c1-5-24(30(28,29)19-9-7-6-8-16(19)3)14-21(25)23-20(22(26)27)13-18-11-10-15(2)12-17(18)4/h6-12,20,26-27H,5,13-14H2,1-4H3,(H,23,25). The van der Waals surface area contributed by atoms with Crippen molar-refractivity contribution in [3.63, 3.8) is 0 Å². The van der Waals surface area contributed by atoms with E-state index in [-0.39, 0.29) is 17.9 Å². The summed E-state index contributed by atoms with van der Waals surface area (Å²) in [6.45, 7) is 6.92. The molecular weight excluding hydrogens is 403 g/mol. The molecule has 162 valence electrons. The first-order valence-corrected chi connectivity index (χ1v) is 11.3. The predicted octanol–water partition coefficient (Wildman–Crippen LogP) is 1.36. The molecule has 1 unspecified atom stereocenters. The van der Waals surface area contributed by atoms with Gasteiger partial charge in [-0.2, -0.15) is 4.31 Å². The summed E-state index contributed by atoms with van der Waals surface area (Å²) in [5.41, 5.74) is 3.53. The molecule has 7 nitrogen and oxygen atoms in total. The highest BCUT2D eigenvalue weighted by molar-refractivity contribution is 7.89. The minimum Gasteiger partial charge on any atom is -0.426 e. The normalized spacial score (nSPS) is 12.6. The molecule has 0 heterocycles. The Balaban J connectivity index is 2.14. The first-order valence-electron chi connectivity index (χ1n) is 9.83. The number of carbonyl (C=O) groups is 1. The first-order chi connectivity index (χ1) is 14.1. The molecule has 0 aliphatic rings. The van der Waals surface area contributed by atoms with Crippen LogP contribution < -0.4 is 5.32 Å². The average molecular weight is 432 g/mol. The van der Waals surface area contributed by atoms with Crippen LogP contribution in [0.25, 0.3) is 0 Å². The van der Waals surface area contributed by atoms with Gasteiger partial charge in [-0.1, -0.05) is 48.9 Å². The van der Waals surface area contributed by atoms with Crippen molar-refractivity contribution in [1.82, 2.24) is 9.62 Å². The third-order valence-corrected chi connectivity index (χ3v) is 7.11. The summed E-state index contributed by atoms with van der Waals surface area (Å²) in [6, 6.07) is 12.4. The molecule has 0 aliphatic carbocycles. The van der Waals surface area contributed by atoms with Gasteiger partial charge in [-0.15, -0.1) is 0 Å². The van der Waals surface area contributed by atoms with E-state index in [4.69, 9.17) is 0 Å². The van der Waals surface area contributed by atoms with E-state index >= 15 is 0 Å². The van der Waals surface area contributed by atoms with Gasteiger partial charge in [0.15, 0.2) is 0 Å². The zero-order chi connectivity index (χ0) is 22.5. The number of amides is 1. The lowest BCUT2D eigenvalue weighted by Gasteiger charge is -2.24. The maximum Gasteiger partial charge on any atom is 0.475 e. The van der Waals surface area contributed by atoms with Crippen LogP contribution in [0.3, 0.4) is 0 Å². The lowest BCUT2D eigenvalue weighted by Crippen LogP contribution is -2.51. The molecule has 0 aromatic heterocycles. The Morgan fingerprint density at radius 2 is 1.77 bits per heavy atom. The van der Waals surface area contributed by atoms with E-state index < -0.39 is 35.5 Å². The number of carbonyl (C=O) groups excluding carboxylic acids is 1. The molecule has 2 aromatic carbocycles. The second-order valence-corrected chi connectivity index (χ2v) is 9.32. The monoisotopic (exact) mass is 432 g/mol. The Hall–Kier alpha value is -2.20. The molecule has 0 bridgehead atoms. The second-order valence-electron chi connectivity index (χ2n) is 7.42. The van der Waals surface area contributed by atoms with Crippen LogP contribution in [-0.4, -0.2) is 54.8 Å². The third kappa shape index (κ3) is 5.92. The zero-order valence-electron chi connectivity index (χ0n) is 17.8. The van der Waals surface area contributed by atoms with Gasteiger partial charge in [-0.05, 0) is 49.9 Å². The summed E-state index contributed by atoms with van der Waals surface area (Å²) in [4.78, 5) is 12.7. The van der Waals surface area contributed by atoms with Gasteiger partial charge in [0.2, 0.25) is 15.9 Å². The summed E-state index contributed by atoms with van der Waals surface area (Å²) in [6.07, 6.45) is 0.214. The maximum absolute atomic E-state index is 13.0. The largest absolute Gasteiger partial charge is 0.475 e. The van der Waals surface area contributed by atoms with Gasteiger partial charge in [0.25, 0.3) is 0 Å². The van der Waals surface area contributed by atoms with Crippen LogP contribution in [0.5, 0.6) is 0 Å². The van der Waals surface area contributed by atoms with Gasteiger partial charge in [0.05, 0.1) is 17.4 Å².